The first-order chi connectivity index (χ1) is 28.4. The Kier molecular flexibility index (Phi) is 7.73. The molecule has 0 saturated carbocycles. The van der Waals surface area contributed by atoms with E-state index in [9.17, 15) is 0 Å². The van der Waals surface area contributed by atoms with Gasteiger partial charge >= 0.3 is 0 Å². The second-order valence-corrected chi connectivity index (χ2v) is 15.8. The number of pyridine rings is 1. The van der Waals surface area contributed by atoms with E-state index in [1.807, 2.05) is 12.3 Å². The number of aromatic nitrogens is 5. The third kappa shape index (κ3) is 5.16. The molecule has 278 valence electrons. The van der Waals surface area contributed by atoms with Crippen LogP contribution < -0.4 is 0 Å². The maximum atomic E-state index is 5.57. The van der Waals surface area contributed by atoms with E-state index in [-0.39, 0.29) is 0 Å². The topological polar surface area (TPSA) is 51.4 Å². The van der Waals surface area contributed by atoms with Gasteiger partial charge in [-0.2, -0.15) is 0 Å². The third-order valence-electron chi connectivity index (χ3n) is 11.9. The van der Waals surface area contributed by atoms with Crippen molar-refractivity contribution in [3.63, 3.8) is 0 Å². The predicted octanol–water partition coefficient (Wildman–Crippen LogP) is 13.9. The lowest BCUT2D eigenvalue weighted by Crippen LogP contribution is -1.99. The van der Waals surface area contributed by atoms with Crippen LogP contribution in [-0.2, 0) is 0 Å². The summed E-state index contributed by atoms with van der Waals surface area (Å²) in [6.07, 6.45) is 1.88. The fraction of sp³-hybridized carbons (Fsp3) is 0.0943. The summed E-state index contributed by atoms with van der Waals surface area (Å²) in [4.78, 5) is 14.2. The van der Waals surface area contributed by atoms with Crippen molar-refractivity contribution in [1.29, 1.82) is 0 Å². The Bertz CT molecular complexity index is 3380. The van der Waals surface area contributed by atoms with Crippen LogP contribution in [-0.4, -0.2) is 24.1 Å². The van der Waals surface area contributed by atoms with Crippen molar-refractivity contribution in [1.82, 2.24) is 24.1 Å². The zero-order valence-electron chi connectivity index (χ0n) is 33.0. The van der Waals surface area contributed by atoms with E-state index in [1.54, 1.807) is 0 Å². The van der Waals surface area contributed by atoms with E-state index >= 15 is 0 Å². The maximum absolute atomic E-state index is 5.57. The van der Waals surface area contributed by atoms with Gasteiger partial charge in [0.1, 0.15) is 11.6 Å². The van der Waals surface area contributed by atoms with Gasteiger partial charge in [-0.15, -0.1) is 0 Å². The molecule has 11 rings (SSSR count). The number of fused-ring (bicyclic) bond motifs is 7. The highest BCUT2D eigenvalue weighted by molar-refractivity contribution is 6.14. The minimum atomic E-state index is 0.410. The molecular formula is C53H41N5. The number of rotatable bonds is 6. The van der Waals surface area contributed by atoms with Gasteiger partial charge in [-0.1, -0.05) is 111 Å². The first-order valence-electron chi connectivity index (χ1n) is 20.1. The summed E-state index contributed by atoms with van der Waals surface area (Å²) in [6.45, 7) is 9.04. The average Bonchev–Trinajstić information content (AvgIpc) is 3.94. The molecule has 0 unspecified atom stereocenters. The first-order valence-corrected chi connectivity index (χ1v) is 20.1. The number of nitrogens with one attached hydrogen (secondary N) is 1. The Morgan fingerprint density at radius 3 is 2.17 bits per heavy atom. The van der Waals surface area contributed by atoms with Crippen molar-refractivity contribution in [3.05, 3.63) is 181 Å². The van der Waals surface area contributed by atoms with Crippen molar-refractivity contribution >= 4 is 54.6 Å². The number of H-pyrrole nitrogens is 1. The molecule has 4 heterocycles. The molecule has 0 saturated heterocycles. The number of aromatic amines is 1. The normalized spacial score (nSPS) is 11.9. The molecule has 0 atom stereocenters. The monoisotopic (exact) mass is 747 g/mol. The molecule has 0 spiro atoms. The number of imidazole rings is 1. The summed E-state index contributed by atoms with van der Waals surface area (Å²) in [7, 11) is 0. The van der Waals surface area contributed by atoms with Crippen LogP contribution in [0.5, 0.6) is 0 Å². The Balaban J connectivity index is 1.17. The van der Waals surface area contributed by atoms with Crippen LogP contribution >= 0.6 is 0 Å². The van der Waals surface area contributed by atoms with Crippen LogP contribution in [0, 0.1) is 13.8 Å². The molecule has 0 bridgehead atoms. The summed E-state index contributed by atoms with van der Waals surface area (Å²) in [5.74, 6) is 2.21. The van der Waals surface area contributed by atoms with Gasteiger partial charge in [0.25, 0.3) is 0 Å². The van der Waals surface area contributed by atoms with Crippen LogP contribution in [0.3, 0.4) is 0 Å². The minimum Gasteiger partial charge on any atom is -0.354 e. The fourth-order valence-electron chi connectivity index (χ4n) is 9.36. The second-order valence-electron chi connectivity index (χ2n) is 15.8. The second kappa shape index (κ2) is 13.2. The highest BCUT2D eigenvalue weighted by Gasteiger charge is 2.23. The Hall–Kier alpha value is -7.24. The maximum Gasteiger partial charge on any atom is 0.147 e. The van der Waals surface area contributed by atoms with Crippen LogP contribution in [0.4, 0.5) is 0 Å². The van der Waals surface area contributed by atoms with E-state index in [4.69, 9.17) is 9.97 Å². The molecule has 4 aromatic heterocycles. The Morgan fingerprint density at radius 1 is 0.552 bits per heavy atom. The van der Waals surface area contributed by atoms with Gasteiger partial charge in [0.05, 0.1) is 27.6 Å². The van der Waals surface area contributed by atoms with Gasteiger partial charge in [0.15, 0.2) is 0 Å². The SMILES string of the molecule is Cc1cccc(C(C)C)c1-c1cc(C)c2c(c1)c1ccc(-c3cccc4c3nc(-c3cccc5c3[nH]c3ccccc35)n4-c3ccccc3)cc1n2-c1ccccn1. The molecule has 7 aromatic carbocycles. The van der Waals surface area contributed by atoms with Gasteiger partial charge in [0.2, 0.25) is 0 Å². The molecule has 5 heteroatoms. The number of hydrogen-bond donors (Lipinski definition) is 1. The highest BCUT2D eigenvalue weighted by Crippen LogP contribution is 2.43. The van der Waals surface area contributed by atoms with Crippen molar-refractivity contribution in [2.45, 2.75) is 33.6 Å². The number of para-hydroxylation sites is 4. The van der Waals surface area contributed by atoms with Gasteiger partial charge in [-0.25, -0.2) is 9.97 Å². The third-order valence-corrected chi connectivity index (χ3v) is 11.9. The van der Waals surface area contributed by atoms with Crippen molar-refractivity contribution in [2.75, 3.05) is 0 Å². The van der Waals surface area contributed by atoms with Crippen molar-refractivity contribution < 1.29 is 0 Å². The average molecular weight is 748 g/mol. The number of nitrogens with zero attached hydrogens (tertiary/aromatic N) is 4. The lowest BCUT2D eigenvalue weighted by Gasteiger charge is -2.17. The predicted molar refractivity (Wildman–Crippen MR) is 242 cm³/mol. The molecule has 0 aliphatic rings. The van der Waals surface area contributed by atoms with Gasteiger partial charge < -0.3 is 4.98 Å². The van der Waals surface area contributed by atoms with Crippen LogP contribution in [0.25, 0.3) is 99.8 Å². The zero-order valence-corrected chi connectivity index (χ0v) is 33.0. The van der Waals surface area contributed by atoms with E-state index < -0.39 is 0 Å². The highest BCUT2D eigenvalue weighted by atomic mass is 15.1. The van der Waals surface area contributed by atoms with Crippen LogP contribution in [0.1, 0.15) is 36.5 Å². The Morgan fingerprint density at radius 2 is 1.33 bits per heavy atom. The molecule has 1 N–H and O–H groups in total. The number of aryl methyl sites for hydroxylation is 2. The standard InChI is InChI=1S/C53H41N5/c1-32(2)38-19-12-15-33(3)49(38)36-29-34(4)52-44(30-36)41-27-26-35(31-47(41)58(52)48-25-10-11-28-54-48)39-20-14-24-46-51(39)56-53(57(46)37-16-6-5-7-17-37)43-22-13-21-42-40-18-8-9-23-45(40)55-50(42)43/h5-32,55H,1-4H3. The molecule has 0 amide bonds. The Labute approximate surface area is 336 Å². The number of hydrogen-bond acceptors (Lipinski definition) is 2. The van der Waals surface area contributed by atoms with E-state index in [1.165, 1.54) is 54.9 Å². The van der Waals surface area contributed by atoms with E-state index in [0.29, 0.717) is 5.92 Å². The number of benzene rings is 7. The molecule has 0 aliphatic carbocycles. The molecule has 0 fully saturated rings. The van der Waals surface area contributed by atoms with E-state index in [0.717, 1.165) is 61.6 Å². The fourth-order valence-corrected chi connectivity index (χ4v) is 9.36. The summed E-state index contributed by atoms with van der Waals surface area (Å²) in [5, 5.41) is 4.82. The van der Waals surface area contributed by atoms with Gasteiger partial charge in [0, 0.05) is 50.1 Å². The molecule has 0 radical (unpaired) electrons. The van der Waals surface area contributed by atoms with Crippen LogP contribution in [0.2, 0.25) is 0 Å². The molecular weight excluding hydrogens is 707 g/mol. The largest absolute Gasteiger partial charge is 0.354 e. The molecule has 11 aromatic rings. The molecule has 0 aliphatic heterocycles. The van der Waals surface area contributed by atoms with Crippen molar-refractivity contribution in [2.24, 2.45) is 0 Å². The van der Waals surface area contributed by atoms with Gasteiger partial charge in [-0.05, 0) is 114 Å². The molecule has 5 nitrogen and oxygen atoms in total. The lowest BCUT2D eigenvalue weighted by atomic mass is 9.88. The van der Waals surface area contributed by atoms with Gasteiger partial charge in [-0.3, -0.25) is 9.13 Å². The first kappa shape index (κ1) is 34.0. The van der Waals surface area contributed by atoms with Crippen LogP contribution in [0.15, 0.2) is 164 Å². The van der Waals surface area contributed by atoms with E-state index in [2.05, 4.69) is 193 Å². The smallest absolute Gasteiger partial charge is 0.147 e. The summed E-state index contributed by atoms with van der Waals surface area (Å²) in [5.41, 5.74) is 17.3. The van der Waals surface area contributed by atoms with Crippen molar-refractivity contribution in [3.8, 4) is 45.1 Å². The zero-order chi connectivity index (χ0) is 39.1. The molecule has 58 heavy (non-hydrogen) atoms. The lowest BCUT2D eigenvalue weighted by molar-refractivity contribution is 0.867. The summed E-state index contributed by atoms with van der Waals surface area (Å²) < 4.78 is 4.66. The summed E-state index contributed by atoms with van der Waals surface area (Å²) >= 11 is 0. The quantitative estimate of drug-likeness (QED) is 0.184. The minimum absolute atomic E-state index is 0.410. The summed E-state index contributed by atoms with van der Waals surface area (Å²) in [6, 6.07) is 56.7.